The van der Waals surface area contributed by atoms with E-state index in [4.69, 9.17) is 5.11 Å². The van der Waals surface area contributed by atoms with Crippen molar-refractivity contribution in [3.63, 3.8) is 0 Å². The number of likely N-dealkylation sites (tertiary alicyclic amines) is 1. The lowest BCUT2D eigenvalue weighted by molar-refractivity contribution is -0.130. The maximum Gasteiger partial charge on any atom is 0.222 e. The van der Waals surface area contributed by atoms with Crippen LogP contribution in [-0.4, -0.2) is 35.6 Å². The lowest BCUT2D eigenvalue weighted by atomic mass is 10.2. The van der Waals surface area contributed by atoms with Gasteiger partial charge in [-0.1, -0.05) is 19.3 Å². The van der Waals surface area contributed by atoms with Crippen LogP contribution in [0.1, 0.15) is 51.4 Å². The van der Waals surface area contributed by atoms with Gasteiger partial charge < -0.3 is 10.0 Å². The molecule has 1 aliphatic heterocycles. The molecule has 1 rings (SSSR count). The summed E-state index contributed by atoms with van der Waals surface area (Å²) >= 11 is 0. The van der Waals surface area contributed by atoms with E-state index < -0.39 is 0 Å². The fourth-order valence-corrected chi connectivity index (χ4v) is 2.04. The van der Waals surface area contributed by atoms with Crippen LogP contribution in [0.4, 0.5) is 0 Å². The molecule has 0 atom stereocenters. The molecular weight excluding hydrogens is 190 g/mol. The third-order valence-electron chi connectivity index (χ3n) is 3.01. The average Bonchev–Trinajstić information content (AvgIpc) is 2.44. The first-order valence-corrected chi connectivity index (χ1v) is 6.23. The van der Waals surface area contributed by atoms with Crippen LogP contribution in [0, 0.1) is 0 Å². The minimum absolute atomic E-state index is 0.294. The highest BCUT2D eigenvalue weighted by Gasteiger charge is 2.15. The van der Waals surface area contributed by atoms with E-state index >= 15 is 0 Å². The number of aliphatic hydroxyl groups excluding tert-OH is 1. The zero-order chi connectivity index (χ0) is 10.9. The third kappa shape index (κ3) is 5.17. The summed E-state index contributed by atoms with van der Waals surface area (Å²) in [6, 6.07) is 0. The molecule has 0 saturated carbocycles. The van der Waals surface area contributed by atoms with Gasteiger partial charge in [0.2, 0.25) is 5.91 Å². The molecule has 0 aromatic carbocycles. The molecule has 0 bridgehead atoms. The second-order valence-electron chi connectivity index (χ2n) is 4.33. The van der Waals surface area contributed by atoms with E-state index in [1.807, 2.05) is 4.90 Å². The van der Waals surface area contributed by atoms with Crippen LogP contribution in [0.3, 0.4) is 0 Å². The number of hydrogen-bond acceptors (Lipinski definition) is 2. The molecule has 0 radical (unpaired) electrons. The lowest BCUT2D eigenvalue weighted by Gasteiger charge is -2.20. The van der Waals surface area contributed by atoms with Crippen LogP contribution in [0.5, 0.6) is 0 Å². The molecule has 15 heavy (non-hydrogen) atoms. The monoisotopic (exact) mass is 213 g/mol. The van der Waals surface area contributed by atoms with Crippen molar-refractivity contribution in [2.24, 2.45) is 0 Å². The van der Waals surface area contributed by atoms with Crippen molar-refractivity contribution in [2.75, 3.05) is 19.7 Å². The fourth-order valence-electron chi connectivity index (χ4n) is 2.04. The van der Waals surface area contributed by atoms with Crippen molar-refractivity contribution in [2.45, 2.75) is 51.4 Å². The van der Waals surface area contributed by atoms with E-state index in [1.165, 1.54) is 12.8 Å². The first-order chi connectivity index (χ1) is 7.34. The van der Waals surface area contributed by atoms with Crippen molar-refractivity contribution >= 4 is 5.91 Å². The molecule has 1 amide bonds. The Balaban J connectivity index is 2.10. The molecule has 0 spiro atoms. The quantitative estimate of drug-likeness (QED) is 0.685. The van der Waals surface area contributed by atoms with Gasteiger partial charge in [0.25, 0.3) is 0 Å². The van der Waals surface area contributed by atoms with E-state index in [1.54, 1.807) is 0 Å². The second kappa shape index (κ2) is 7.69. The van der Waals surface area contributed by atoms with E-state index in [2.05, 4.69) is 0 Å². The average molecular weight is 213 g/mol. The van der Waals surface area contributed by atoms with Crippen molar-refractivity contribution in [1.29, 1.82) is 0 Å². The smallest absolute Gasteiger partial charge is 0.222 e. The van der Waals surface area contributed by atoms with Gasteiger partial charge in [0, 0.05) is 26.1 Å². The van der Waals surface area contributed by atoms with Gasteiger partial charge in [0.1, 0.15) is 0 Å². The lowest BCUT2D eigenvalue weighted by Crippen LogP contribution is -2.31. The Bertz CT molecular complexity index is 182. The van der Waals surface area contributed by atoms with E-state index in [0.717, 1.165) is 51.6 Å². The maximum absolute atomic E-state index is 11.6. The Morgan fingerprint density at radius 3 is 2.67 bits per heavy atom. The Morgan fingerprint density at radius 2 is 1.87 bits per heavy atom. The van der Waals surface area contributed by atoms with Crippen molar-refractivity contribution in [3.05, 3.63) is 0 Å². The summed E-state index contributed by atoms with van der Waals surface area (Å²) in [6.45, 7) is 2.17. The topological polar surface area (TPSA) is 40.5 Å². The van der Waals surface area contributed by atoms with Crippen LogP contribution >= 0.6 is 0 Å². The molecule has 1 fully saturated rings. The van der Waals surface area contributed by atoms with Crippen molar-refractivity contribution < 1.29 is 9.90 Å². The minimum Gasteiger partial charge on any atom is -0.396 e. The summed E-state index contributed by atoms with van der Waals surface area (Å²) in [6.07, 6.45) is 8.38. The number of rotatable bonds is 6. The first kappa shape index (κ1) is 12.5. The third-order valence-corrected chi connectivity index (χ3v) is 3.01. The molecule has 0 unspecified atom stereocenters. The maximum atomic E-state index is 11.6. The number of hydrogen-bond donors (Lipinski definition) is 1. The van der Waals surface area contributed by atoms with Crippen LogP contribution in [0.25, 0.3) is 0 Å². The van der Waals surface area contributed by atoms with E-state index in [9.17, 15) is 4.79 Å². The normalized spacial score (nSPS) is 17.9. The Morgan fingerprint density at radius 1 is 1.07 bits per heavy atom. The predicted molar refractivity (Wildman–Crippen MR) is 60.6 cm³/mol. The molecule has 0 aromatic rings. The van der Waals surface area contributed by atoms with E-state index in [-0.39, 0.29) is 0 Å². The number of carbonyl (C=O) groups excluding carboxylic acids is 1. The largest absolute Gasteiger partial charge is 0.396 e. The predicted octanol–water partition coefficient (Wildman–Crippen LogP) is 1.94. The number of aliphatic hydroxyl groups is 1. The van der Waals surface area contributed by atoms with Gasteiger partial charge in [0.15, 0.2) is 0 Å². The van der Waals surface area contributed by atoms with Gasteiger partial charge in [0.05, 0.1) is 0 Å². The minimum atomic E-state index is 0.294. The Hall–Kier alpha value is -0.570. The standard InChI is InChI=1S/C12H23NO2/c14-11-7-2-1-5-9-13-10-6-3-4-8-12(13)15/h14H,1-11H2. The highest BCUT2D eigenvalue weighted by Crippen LogP contribution is 2.12. The summed E-state index contributed by atoms with van der Waals surface area (Å²) in [5.41, 5.74) is 0. The molecule has 88 valence electrons. The summed E-state index contributed by atoms with van der Waals surface area (Å²) in [4.78, 5) is 13.6. The van der Waals surface area contributed by atoms with Gasteiger partial charge >= 0.3 is 0 Å². The highest BCUT2D eigenvalue weighted by atomic mass is 16.2. The van der Waals surface area contributed by atoms with Crippen molar-refractivity contribution in [1.82, 2.24) is 4.90 Å². The SMILES string of the molecule is O=C1CCCCCN1CCCCCCO. The second-order valence-corrected chi connectivity index (χ2v) is 4.33. The zero-order valence-electron chi connectivity index (χ0n) is 9.58. The molecular formula is C12H23NO2. The molecule has 0 aromatic heterocycles. The molecule has 1 heterocycles. The fraction of sp³-hybridized carbons (Fsp3) is 0.917. The van der Waals surface area contributed by atoms with Gasteiger partial charge in [-0.25, -0.2) is 0 Å². The summed E-state index contributed by atoms with van der Waals surface area (Å²) in [5.74, 6) is 0.342. The van der Waals surface area contributed by atoms with Gasteiger partial charge in [-0.3, -0.25) is 4.79 Å². The summed E-state index contributed by atoms with van der Waals surface area (Å²) < 4.78 is 0. The molecule has 1 N–H and O–H groups in total. The van der Waals surface area contributed by atoms with Crippen LogP contribution in [-0.2, 0) is 4.79 Å². The molecule has 3 nitrogen and oxygen atoms in total. The molecule has 1 saturated heterocycles. The molecule has 0 aliphatic carbocycles. The van der Waals surface area contributed by atoms with Gasteiger partial charge in [-0.2, -0.15) is 0 Å². The number of carbonyl (C=O) groups is 1. The van der Waals surface area contributed by atoms with Gasteiger partial charge in [-0.15, -0.1) is 0 Å². The van der Waals surface area contributed by atoms with Crippen LogP contribution < -0.4 is 0 Å². The Labute approximate surface area is 92.5 Å². The first-order valence-electron chi connectivity index (χ1n) is 6.23. The molecule has 3 heteroatoms. The highest BCUT2D eigenvalue weighted by molar-refractivity contribution is 5.76. The molecule has 1 aliphatic rings. The number of amides is 1. The number of unbranched alkanes of at least 4 members (excludes halogenated alkanes) is 3. The summed E-state index contributed by atoms with van der Waals surface area (Å²) in [7, 11) is 0. The summed E-state index contributed by atoms with van der Waals surface area (Å²) in [5, 5.41) is 8.63. The van der Waals surface area contributed by atoms with Gasteiger partial charge in [-0.05, 0) is 25.7 Å². The van der Waals surface area contributed by atoms with E-state index in [0.29, 0.717) is 12.5 Å². The van der Waals surface area contributed by atoms with Crippen LogP contribution in [0.15, 0.2) is 0 Å². The van der Waals surface area contributed by atoms with Crippen LogP contribution in [0.2, 0.25) is 0 Å². The zero-order valence-corrected chi connectivity index (χ0v) is 9.58. The number of nitrogens with zero attached hydrogens (tertiary/aromatic N) is 1. The van der Waals surface area contributed by atoms with Crippen molar-refractivity contribution in [3.8, 4) is 0 Å². The Kier molecular flexibility index (Phi) is 6.41.